The molecule has 0 aliphatic heterocycles. The van der Waals surface area contributed by atoms with E-state index in [1.54, 1.807) is 43.4 Å². The van der Waals surface area contributed by atoms with Crippen molar-refractivity contribution in [3.8, 4) is 0 Å². The number of hydrogen-bond donors (Lipinski definition) is 2. The largest absolute Gasteiger partial charge is 0.383 e. The van der Waals surface area contributed by atoms with Gasteiger partial charge in [-0.2, -0.15) is 0 Å². The number of benzene rings is 2. The summed E-state index contributed by atoms with van der Waals surface area (Å²) in [7, 11) is -0.544. The summed E-state index contributed by atoms with van der Waals surface area (Å²) < 4.78 is 32.2. The Morgan fingerprint density at radius 1 is 1.19 bits per heavy atom. The Morgan fingerprint density at radius 3 is 2.54 bits per heavy atom. The lowest BCUT2D eigenvalue weighted by Gasteiger charge is -2.21. The number of nitrogens with zero attached hydrogens (tertiary/aromatic N) is 1. The quantitative estimate of drug-likeness (QED) is 0.724. The van der Waals surface area contributed by atoms with Crippen LogP contribution in [0.5, 0.6) is 0 Å². The van der Waals surface area contributed by atoms with E-state index in [4.69, 9.17) is 10.5 Å². The predicted molar refractivity (Wildman–Crippen MR) is 100 cm³/mol. The van der Waals surface area contributed by atoms with Crippen LogP contribution < -0.4 is 10.5 Å². The number of carbonyl (C=O) groups excluding carboxylic acids is 1. The van der Waals surface area contributed by atoms with Crippen molar-refractivity contribution in [3.05, 3.63) is 60.2 Å². The van der Waals surface area contributed by atoms with Crippen LogP contribution >= 0.6 is 0 Å². The fourth-order valence-corrected chi connectivity index (χ4v) is 3.50. The Morgan fingerprint density at radius 2 is 1.88 bits per heavy atom. The molecule has 0 aromatic heterocycles. The number of rotatable bonds is 8. The highest BCUT2D eigenvalue weighted by molar-refractivity contribution is 7.92. The van der Waals surface area contributed by atoms with Gasteiger partial charge in [0.2, 0.25) is 5.91 Å². The second kappa shape index (κ2) is 8.79. The first-order valence-electron chi connectivity index (χ1n) is 8.00. The number of sulfonamides is 1. The number of nitrogens with two attached hydrogens (primary N) is 1. The maximum absolute atomic E-state index is 12.4. The van der Waals surface area contributed by atoms with E-state index in [2.05, 4.69) is 4.72 Å². The standard InChI is InChI=1S/C18H23N3O4S/c1-21(18(22)17(19)13-25-2)12-14-7-6-8-15(11-14)20-26(23,24)16-9-4-3-5-10-16/h3-11,17,20H,12-13,19H2,1-2H3. The van der Waals surface area contributed by atoms with Gasteiger partial charge >= 0.3 is 0 Å². The lowest BCUT2D eigenvalue weighted by molar-refractivity contribution is -0.132. The lowest BCUT2D eigenvalue weighted by Crippen LogP contribution is -2.44. The van der Waals surface area contributed by atoms with Gasteiger partial charge in [0.1, 0.15) is 6.04 Å². The van der Waals surface area contributed by atoms with Crippen LogP contribution in [0.1, 0.15) is 5.56 Å². The molecule has 0 radical (unpaired) electrons. The van der Waals surface area contributed by atoms with Crippen LogP contribution in [0.25, 0.3) is 0 Å². The van der Waals surface area contributed by atoms with Crippen molar-refractivity contribution < 1.29 is 17.9 Å². The molecule has 0 spiro atoms. The van der Waals surface area contributed by atoms with E-state index in [1.807, 2.05) is 6.07 Å². The van der Waals surface area contributed by atoms with E-state index in [0.717, 1.165) is 5.56 Å². The topological polar surface area (TPSA) is 102 Å². The Bertz CT molecular complexity index is 841. The first-order chi connectivity index (χ1) is 12.3. The predicted octanol–water partition coefficient (Wildman–Crippen LogP) is 1.42. The zero-order valence-electron chi connectivity index (χ0n) is 14.8. The fraction of sp³-hybridized carbons (Fsp3) is 0.278. The molecule has 0 aliphatic rings. The highest BCUT2D eigenvalue weighted by Crippen LogP contribution is 2.18. The molecular formula is C18H23N3O4S. The van der Waals surface area contributed by atoms with Crippen LogP contribution in [0.2, 0.25) is 0 Å². The Labute approximate surface area is 153 Å². The molecule has 1 atom stereocenters. The smallest absolute Gasteiger partial charge is 0.261 e. The minimum absolute atomic E-state index is 0.139. The monoisotopic (exact) mass is 377 g/mol. The maximum Gasteiger partial charge on any atom is 0.261 e. The summed E-state index contributed by atoms with van der Waals surface area (Å²) in [4.78, 5) is 13.8. The van der Waals surface area contributed by atoms with Gasteiger partial charge in [0.05, 0.1) is 11.5 Å². The molecule has 140 valence electrons. The first-order valence-corrected chi connectivity index (χ1v) is 9.48. The average Bonchev–Trinajstić information content (AvgIpc) is 2.62. The molecule has 0 aliphatic carbocycles. The molecule has 1 amide bonds. The van der Waals surface area contributed by atoms with Gasteiger partial charge < -0.3 is 15.4 Å². The third kappa shape index (κ3) is 5.29. The first kappa shape index (κ1) is 19.9. The molecule has 0 saturated carbocycles. The van der Waals surface area contributed by atoms with Crippen LogP contribution in [0.3, 0.4) is 0 Å². The minimum Gasteiger partial charge on any atom is -0.383 e. The van der Waals surface area contributed by atoms with E-state index < -0.39 is 16.1 Å². The van der Waals surface area contributed by atoms with Gasteiger partial charge in [-0.1, -0.05) is 30.3 Å². The summed E-state index contributed by atoms with van der Waals surface area (Å²) in [6, 6.07) is 14.3. The number of nitrogens with one attached hydrogen (secondary N) is 1. The average molecular weight is 377 g/mol. The summed E-state index contributed by atoms with van der Waals surface area (Å²) in [5.74, 6) is -0.248. The van der Waals surface area contributed by atoms with Crippen molar-refractivity contribution in [1.29, 1.82) is 0 Å². The number of methoxy groups -OCH3 is 1. The number of likely N-dealkylation sites (N-methyl/N-ethyl adjacent to an activating group) is 1. The third-order valence-corrected chi connectivity index (χ3v) is 5.09. The molecule has 2 aromatic carbocycles. The summed E-state index contributed by atoms with van der Waals surface area (Å²) >= 11 is 0. The summed E-state index contributed by atoms with van der Waals surface area (Å²) in [5, 5.41) is 0. The van der Waals surface area contributed by atoms with Crippen molar-refractivity contribution in [2.24, 2.45) is 5.73 Å². The van der Waals surface area contributed by atoms with Gasteiger partial charge in [0.25, 0.3) is 10.0 Å². The molecule has 1 unspecified atom stereocenters. The van der Waals surface area contributed by atoms with Crippen molar-refractivity contribution in [2.45, 2.75) is 17.5 Å². The molecule has 0 fully saturated rings. The highest BCUT2D eigenvalue weighted by atomic mass is 32.2. The number of anilines is 1. The van der Waals surface area contributed by atoms with Gasteiger partial charge in [-0.15, -0.1) is 0 Å². The van der Waals surface area contributed by atoms with Gasteiger partial charge in [-0.3, -0.25) is 9.52 Å². The Kier molecular flexibility index (Phi) is 6.73. The van der Waals surface area contributed by atoms with Crippen LogP contribution in [0.4, 0.5) is 5.69 Å². The lowest BCUT2D eigenvalue weighted by atomic mass is 10.2. The van der Waals surface area contributed by atoms with Crippen LogP contribution in [-0.4, -0.2) is 46.0 Å². The van der Waals surface area contributed by atoms with Crippen LogP contribution in [0.15, 0.2) is 59.5 Å². The number of amides is 1. The van der Waals surface area contributed by atoms with Crippen molar-refractivity contribution >= 4 is 21.6 Å². The van der Waals surface area contributed by atoms with Crippen LogP contribution in [-0.2, 0) is 26.1 Å². The number of carbonyl (C=O) groups is 1. The summed E-state index contributed by atoms with van der Waals surface area (Å²) in [6.45, 7) is 0.442. The third-order valence-electron chi connectivity index (χ3n) is 3.69. The zero-order valence-corrected chi connectivity index (χ0v) is 15.6. The minimum atomic E-state index is -3.66. The van der Waals surface area contributed by atoms with Gasteiger partial charge in [0, 0.05) is 26.4 Å². The Hall–Kier alpha value is -2.42. The Balaban J connectivity index is 2.09. The van der Waals surface area contributed by atoms with E-state index >= 15 is 0 Å². The summed E-state index contributed by atoms with van der Waals surface area (Å²) in [6.07, 6.45) is 0. The van der Waals surface area contributed by atoms with Gasteiger partial charge in [0.15, 0.2) is 0 Å². The van der Waals surface area contributed by atoms with E-state index in [9.17, 15) is 13.2 Å². The maximum atomic E-state index is 12.4. The molecular weight excluding hydrogens is 354 g/mol. The zero-order chi connectivity index (χ0) is 19.2. The van der Waals surface area contributed by atoms with Gasteiger partial charge in [-0.25, -0.2) is 8.42 Å². The fourth-order valence-electron chi connectivity index (χ4n) is 2.43. The molecule has 0 heterocycles. The second-order valence-corrected chi connectivity index (χ2v) is 7.56. The molecule has 2 rings (SSSR count). The molecule has 2 aromatic rings. The number of hydrogen-bond acceptors (Lipinski definition) is 5. The highest BCUT2D eigenvalue weighted by Gasteiger charge is 2.18. The van der Waals surface area contributed by atoms with E-state index in [1.165, 1.54) is 24.1 Å². The number of ether oxygens (including phenoxy) is 1. The molecule has 0 saturated heterocycles. The second-order valence-electron chi connectivity index (χ2n) is 5.88. The van der Waals surface area contributed by atoms with Crippen molar-refractivity contribution in [2.75, 3.05) is 25.5 Å². The SMILES string of the molecule is COCC(N)C(=O)N(C)Cc1cccc(NS(=O)(=O)c2ccccc2)c1. The molecule has 26 heavy (non-hydrogen) atoms. The van der Waals surface area contributed by atoms with E-state index in [-0.39, 0.29) is 17.4 Å². The van der Waals surface area contributed by atoms with E-state index in [0.29, 0.717) is 12.2 Å². The van der Waals surface area contributed by atoms with Crippen LogP contribution in [0, 0.1) is 0 Å². The van der Waals surface area contributed by atoms with Gasteiger partial charge in [-0.05, 0) is 29.8 Å². The van der Waals surface area contributed by atoms with Crippen molar-refractivity contribution in [3.63, 3.8) is 0 Å². The molecule has 0 bridgehead atoms. The molecule has 3 N–H and O–H groups in total. The molecule has 8 heteroatoms. The molecule has 7 nitrogen and oxygen atoms in total. The van der Waals surface area contributed by atoms with Crippen molar-refractivity contribution in [1.82, 2.24) is 4.90 Å². The summed E-state index contributed by atoms with van der Waals surface area (Å²) in [5.41, 5.74) is 6.95. The normalized spacial score (nSPS) is 12.4.